The molecule has 1 aliphatic rings. The molecule has 0 fully saturated rings. The summed E-state index contributed by atoms with van der Waals surface area (Å²) < 4.78 is 5.56. The van der Waals surface area contributed by atoms with E-state index in [-0.39, 0.29) is 18.6 Å². The normalized spacial score (nSPS) is 17.4. The molecule has 1 aromatic carbocycles. The SMILES string of the molecule is CCC1c2nc[nH]c2CCN1C(=O)COc1ccccc1. The van der Waals surface area contributed by atoms with E-state index < -0.39 is 0 Å². The van der Waals surface area contributed by atoms with Crippen molar-refractivity contribution < 1.29 is 9.53 Å². The van der Waals surface area contributed by atoms with Crippen molar-refractivity contribution in [3.63, 3.8) is 0 Å². The molecule has 1 N–H and O–H groups in total. The van der Waals surface area contributed by atoms with E-state index in [0.717, 1.165) is 30.0 Å². The van der Waals surface area contributed by atoms with Crippen LogP contribution in [0.15, 0.2) is 36.7 Å². The van der Waals surface area contributed by atoms with Gasteiger partial charge in [-0.3, -0.25) is 4.79 Å². The van der Waals surface area contributed by atoms with E-state index in [0.29, 0.717) is 6.54 Å². The van der Waals surface area contributed by atoms with Gasteiger partial charge in [0.1, 0.15) is 5.75 Å². The van der Waals surface area contributed by atoms with Crippen LogP contribution >= 0.6 is 0 Å². The predicted octanol–water partition coefficient (Wildman–Crippen LogP) is 2.32. The van der Waals surface area contributed by atoms with Gasteiger partial charge in [-0.1, -0.05) is 25.1 Å². The maximum atomic E-state index is 12.4. The Labute approximate surface area is 124 Å². The highest BCUT2D eigenvalue weighted by Gasteiger charge is 2.31. The maximum absolute atomic E-state index is 12.4. The number of rotatable bonds is 4. The minimum atomic E-state index is 0.0133. The Hall–Kier alpha value is -2.30. The van der Waals surface area contributed by atoms with Crippen LogP contribution in [0.25, 0.3) is 0 Å². The second-order valence-corrected chi connectivity index (χ2v) is 5.13. The Kier molecular flexibility index (Phi) is 3.90. The zero-order chi connectivity index (χ0) is 14.7. The molecule has 0 saturated heterocycles. The van der Waals surface area contributed by atoms with Gasteiger partial charge in [-0.25, -0.2) is 4.98 Å². The number of nitrogens with one attached hydrogen (secondary N) is 1. The lowest BCUT2D eigenvalue weighted by atomic mass is 10.0. The number of benzene rings is 1. The van der Waals surface area contributed by atoms with Gasteiger partial charge in [-0.2, -0.15) is 0 Å². The molecule has 1 atom stereocenters. The van der Waals surface area contributed by atoms with Crippen LogP contribution in [0.3, 0.4) is 0 Å². The minimum Gasteiger partial charge on any atom is -0.484 e. The van der Waals surface area contributed by atoms with E-state index in [2.05, 4.69) is 16.9 Å². The highest BCUT2D eigenvalue weighted by molar-refractivity contribution is 5.78. The first-order chi connectivity index (χ1) is 10.3. The molecule has 1 aromatic heterocycles. The number of hydrogen-bond donors (Lipinski definition) is 1. The quantitative estimate of drug-likeness (QED) is 0.938. The number of nitrogens with zero attached hydrogens (tertiary/aromatic N) is 2. The lowest BCUT2D eigenvalue weighted by Crippen LogP contribution is -2.42. The fourth-order valence-corrected chi connectivity index (χ4v) is 2.81. The molecular formula is C16H19N3O2. The molecule has 110 valence electrons. The maximum Gasteiger partial charge on any atom is 0.261 e. The lowest BCUT2D eigenvalue weighted by Gasteiger charge is -2.34. The van der Waals surface area contributed by atoms with Crippen LogP contribution in [0.5, 0.6) is 5.75 Å². The smallest absolute Gasteiger partial charge is 0.261 e. The highest BCUT2D eigenvalue weighted by Crippen LogP contribution is 2.29. The lowest BCUT2D eigenvalue weighted by molar-refractivity contribution is -0.136. The summed E-state index contributed by atoms with van der Waals surface area (Å²) >= 11 is 0. The summed E-state index contributed by atoms with van der Waals surface area (Å²) in [4.78, 5) is 21.8. The van der Waals surface area contributed by atoms with E-state index in [9.17, 15) is 4.79 Å². The highest BCUT2D eigenvalue weighted by atomic mass is 16.5. The summed E-state index contributed by atoms with van der Waals surface area (Å²) in [5.41, 5.74) is 2.15. The van der Waals surface area contributed by atoms with Crippen LogP contribution in [0.4, 0.5) is 0 Å². The van der Waals surface area contributed by atoms with Gasteiger partial charge in [0, 0.05) is 18.7 Å². The number of hydrogen-bond acceptors (Lipinski definition) is 3. The average molecular weight is 285 g/mol. The van der Waals surface area contributed by atoms with Crippen molar-refractivity contribution in [2.75, 3.05) is 13.2 Å². The van der Waals surface area contributed by atoms with Gasteiger partial charge in [0.25, 0.3) is 5.91 Å². The molecule has 2 aromatic rings. The van der Waals surface area contributed by atoms with E-state index in [1.807, 2.05) is 35.2 Å². The number of amides is 1. The standard InChI is InChI=1S/C16H19N3O2/c1-2-14-16-13(17-11-18-16)8-9-19(14)15(20)10-21-12-6-4-3-5-7-12/h3-7,11,14H,2,8-10H2,1H3,(H,17,18). The predicted molar refractivity (Wildman–Crippen MR) is 79.0 cm³/mol. The molecule has 1 amide bonds. The van der Waals surface area contributed by atoms with Gasteiger partial charge in [-0.15, -0.1) is 0 Å². The molecule has 21 heavy (non-hydrogen) atoms. The number of H-pyrrole nitrogens is 1. The molecule has 5 nitrogen and oxygen atoms in total. The van der Waals surface area contributed by atoms with Gasteiger partial charge in [0.2, 0.25) is 0 Å². The van der Waals surface area contributed by atoms with Crippen LogP contribution in [0.1, 0.15) is 30.8 Å². The van der Waals surface area contributed by atoms with Crippen molar-refractivity contribution >= 4 is 5.91 Å². The molecule has 2 heterocycles. The van der Waals surface area contributed by atoms with E-state index in [1.165, 1.54) is 0 Å². The Bertz CT molecular complexity index is 609. The van der Waals surface area contributed by atoms with Crippen LogP contribution in [0, 0.1) is 0 Å². The van der Waals surface area contributed by atoms with Crippen LogP contribution in [-0.2, 0) is 11.2 Å². The third-order valence-electron chi connectivity index (χ3n) is 3.86. The van der Waals surface area contributed by atoms with E-state index in [4.69, 9.17) is 4.74 Å². The first-order valence-corrected chi connectivity index (χ1v) is 7.29. The van der Waals surface area contributed by atoms with Crippen molar-refractivity contribution in [2.24, 2.45) is 0 Å². The summed E-state index contributed by atoms with van der Waals surface area (Å²) in [5.74, 6) is 0.732. The summed E-state index contributed by atoms with van der Waals surface area (Å²) in [5, 5.41) is 0. The Balaban J connectivity index is 1.67. The minimum absolute atomic E-state index is 0.0133. The number of aromatic amines is 1. The fourth-order valence-electron chi connectivity index (χ4n) is 2.81. The number of carbonyl (C=O) groups excluding carboxylic acids is 1. The van der Waals surface area contributed by atoms with Crippen LogP contribution in [0.2, 0.25) is 0 Å². The largest absolute Gasteiger partial charge is 0.484 e. The third kappa shape index (κ3) is 2.77. The monoisotopic (exact) mass is 285 g/mol. The van der Waals surface area contributed by atoms with Crippen molar-refractivity contribution in [1.29, 1.82) is 0 Å². The second kappa shape index (κ2) is 5.99. The molecule has 0 bridgehead atoms. The zero-order valence-electron chi connectivity index (χ0n) is 12.1. The average Bonchev–Trinajstić information content (AvgIpc) is 3.01. The van der Waals surface area contributed by atoms with E-state index in [1.54, 1.807) is 6.33 Å². The van der Waals surface area contributed by atoms with E-state index >= 15 is 0 Å². The summed E-state index contributed by atoms with van der Waals surface area (Å²) in [6.45, 7) is 2.86. The Morgan fingerprint density at radius 1 is 1.43 bits per heavy atom. The Morgan fingerprint density at radius 3 is 3.00 bits per heavy atom. The third-order valence-corrected chi connectivity index (χ3v) is 3.86. The fraction of sp³-hybridized carbons (Fsp3) is 0.375. The number of ether oxygens (including phenoxy) is 1. The number of carbonyl (C=O) groups is 1. The molecule has 3 rings (SSSR count). The second-order valence-electron chi connectivity index (χ2n) is 5.13. The van der Waals surface area contributed by atoms with Crippen LogP contribution < -0.4 is 4.74 Å². The summed E-state index contributed by atoms with van der Waals surface area (Å²) in [6, 6.07) is 9.47. The van der Waals surface area contributed by atoms with Gasteiger partial charge >= 0.3 is 0 Å². The number of fused-ring (bicyclic) bond motifs is 1. The van der Waals surface area contributed by atoms with Gasteiger partial charge in [0.05, 0.1) is 18.1 Å². The van der Waals surface area contributed by atoms with Crippen LogP contribution in [-0.4, -0.2) is 33.9 Å². The number of aromatic nitrogens is 2. The Morgan fingerprint density at radius 2 is 2.24 bits per heavy atom. The van der Waals surface area contributed by atoms with Gasteiger partial charge < -0.3 is 14.6 Å². The molecule has 0 radical (unpaired) electrons. The molecule has 0 saturated carbocycles. The first kappa shape index (κ1) is 13.7. The molecule has 0 spiro atoms. The molecule has 1 unspecified atom stereocenters. The summed E-state index contributed by atoms with van der Waals surface area (Å²) in [7, 11) is 0. The van der Waals surface area contributed by atoms with Crippen molar-refractivity contribution in [1.82, 2.24) is 14.9 Å². The molecule has 1 aliphatic heterocycles. The summed E-state index contributed by atoms with van der Waals surface area (Å²) in [6.07, 6.45) is 3.39. The number of imidazole rings is 1. The van der Waals surface area contributed by atoms with Gasteiger partial charge in [-0.05, 0) is 18.6 Å². The van der Waals surface area contributed by atoms with Crippen molar-refractivity contribution in [3.8, 4) is 5.75 Å². The molecule has 5 heteroatoms. The van der Waals surface area contributed by atoms with Gasteiger partial charge in [0.15, 0.2) is 6.61 Å². The first-order valence-electron chi connectivity index (χ1n) is 7.29. The van der Waals surface area contributed by atoms with Crippen molar-refractivity contribution in [3.05, 3.63) is 48.0 Å². The zero-order valence-corrected chi connectivity index (χ0v) is 12.1. The molecular weight excluding hydrogens is 266 g/mol. The number of para-hydroxylation sites is 1. The van der Waals surface area contributed by atoms with Crippen molar-refractivity contribution in [2.45, 2.75) is 25.8 Å². The topological polar surface area (TPSA) is 58.2 Å². The molecule has 0 aliphatic carbocycles.